The maximum Gasteiger partial charge on any atom is 0.416 e. The first-order chi connectivity index (χ1) is 17.4. The number of H-pyrrole nitrogens is 1. The van der Waals surface area contributed by atoms with Crippen molar-refractivity contribution < 1.29 is 31.1 Å². The fourth-order valence-corrected chi connectivity index (χ4v) is 5.34. The molecule has 37 heavy (non-hydrogen) atoms. The number of ether oxygens (including phenoxy) is 1. The highest BCUT2D eigenvalue weighted by molar-refractivity contribution is 5.41. The van der Waals surface area contributed by atoms with Crippen LogP contribution in [0.4, 0.5) is 32.2 Å². The number of aromatic amines is 1. The molecule has 0 amide bonds. The monoisotopic (exact) mass is 525 g/mol. The van der Waals surface area contributed by atoms with Crippen molar-refractivity contribution >= 4 is 5.82 Å². The molecule has 2 fully saturated rings. The van der Waals surface area contributed by atoms with E-state index in [2.05, 4.69) is 20.3 Å². The van der Waals surface area contributed by atoms with Crippen molar-refractivity contribution in [2.45, 2.75) is 43.6 Å². The zero-order valence-electron chi connectivity index (χ0n) is 20.1. The zero-order valence-corrected chi connectivity index (χ0v) is 20.1. The minimum absolute atomic E-state index is 0.0836. The van der Waals surface area contributed by atoms with Crippen molar-refractivity contribution in [3.05, 3.63) is 76.5 Å². The number of rotatable bonds is 7. The summed E-state index contributed by atoms with van der Waals surface area (Å²) in [5, 5.41) is 11.1. The summed E-state index contributed by atoms with van der Waals surface area (Å²) in [6, 6.07) is 10.9. The first-order valence-corrected chi connectivity index (χ1v) is 11.7. The molecule has 6 nitrogen and oxygen atoms in total. The van der Waals surface area contributed by atoms with Crippen LogP contribution in [-0.4, -0.2) is 46.6 Å². The van der Waals surface area contributed by atoms with E-state index in [4.69, 9.17) is 4.74 Å². The third-order valence-electron chi connectivity index (χ3n) is 7.03. The van der Waals surface area contributed by atoms with Crippen LogP contribution < -0.4 is 4.90 Å². The Bertz CT molecular complexity index is 1230. The Kier molecular flexibility index (Phi) is 6.22. The van der Waals surface area contributed by atoms with Crippen LogP contribution in [0.15, 0.2) is 48.5 Å². The van der Waals surface area contributed by atoms with E-state index in [1.807, 2.05) is 49.3 Å². The van der Waals surface area contributed by atoms with Crippen LogP contribution in [0, 0.1) is 5.92 Å². The molecule has 5 rings (SSSR count). The Hall–Kier alpha value is -3.12. The second-order valence-electron chi connectivity index (χ2n) is 9.79. The third-order valence-corrected chi connectivity index (χ3v) is 7.03. The molecule has 1 N–H and O–H groups in total. The molecule has 1 saturated carbocycles. The minimum atomic E-state index is -4.91. The van der Waals surface area contributed by atoms with Gasteiger partial charge in [-0.25, -0.2) is 0 Å². The van der Waals surface area contributed by atoms with E-state index in [0.29, 0.717) is 25.3 Å². The number of fused-ring (bicyclic) bond motifs is 1. The summed E-state index contributed by atoms with van der Waals surface area (Å²) in [5.41, 5.74) is -1.90. The number of alkyl halides is 6. The zero-order chi connectivity index (χ0) is 26.6. The number of aromatic nitrogens is 3. The predicted octanol–water partition coefficient (Wildman–Crippen LogP) is 5.44. The number of likely N-dealkylation sites (tertiary alicyclic amines) is 1. The number of hydrogen-bond acceptors (Lipinski definition) is 5. The normalized spacial score (nSPS) is 23.8. The largest absolute Gasteiger partial charge is 0.416 e. The summed E-state index contributed by atoms with van der Waals surface area (Å²) >= 11 is 0. The van der Waals surface area contributed by atoms with Gasteiger partial charge in [-0.2, -0.15) is 36.7 Å². The SMILES string of the molecule is CN(C)c1n[nH]nc1CN1C[C@H]2C[C@]2(OCc2cc(C(F)(F)F)cc(C(F)(F)F)c2)[C@@H]1c1ccccc1. The number of piperidine rings is 1. The molecule has 3 atom stereocenters. The van der Waals surface area contributed by atoms with Gasteiger partial charge in [0.15, 0.2) is 5.82 Å². The molecule has 0 spiro atoms. The lowest BCUT2D eigenvalue weighted by atomic mass is 9.99. The maximum atomic E-state index is 13.3. The molecule has 198 valence electrons. The fourth-order valence-electron chi connectivity index (χ4n) is 5.34. The van der Waals surface area contributed by atoms with Crippen molar-refractivity contribution in [3.63, 3.8) is 0 Å². The predicted molar refractivity (Wildman–Crippen MR) is 122 cm³/mol. The van der Waals surface area contributed by atoms with Crippen LogP contribution in [0.25, 0.3) is 0 Å². The molecule has 12 heteroatoms. The van der Waals surface area contributed by atoms with Crippen molar-refractivity contribution in [3.8, 4) is 0 Å². The van der Waals surface area contributed by atoms with Gasteiger partial charge in [-0.1, -0.05) is 30.3 Å². The van der Waals surface area contributed by atoms with Gasteiger partial charge in [0.25, 0.3) is 0 Å². The van der Waals surface area contributed by atoms with E-state index < -0.39 is 29.1 Å². The molecule has 2 aromatic carbocycles. The van der Waals surface area contributed by atoms with Crippen LogP contribution in [0.5, 0.6) is 0 Å². The second-order valence-corrected chi connectivity index (χ2v) is 9.79. The lowest BCUT2D eigenvalue weighted by Gasteiger charge is -2.32. The molecule has 2 aliphatic rings. The van der Waals surface area contributed by atoms with E-state index in [1.165, 1.54) is 0 Å². The van der Waals surface area contributed by atoms with Gasteiger partial charge in [0.2, 0.25) is 0 Å². The molecular weight excluding hydrogens is 500 g/mol. The van der Waals surface area contributed by atoms with E-state index in [9.17, 15) is 26.3 Å². The number of nitrogens with one attached hydrogen (secondary N) is 1. The number of nitrogens with zero attached hydrogens (tertiary/aromatic N) is 4. The van der Waals surface area contributed by atoms with Crippen molar-refractivity contribution in [2.75, 3.05) is 25.5 Å². The Morgan fingerprint density at radius 2 is 1.65 bits per heavy atom. The van der Waals surface area contributed by atoms with E-state index >= 15 is 0 Å². The molecule has 0 radical (unpaired) electrons. The molecule has 1 aliphatic carbocycles. The van der Waals surface area contributed by atoms with E-state index in [-0.39, 0.29) is 30.2 Å². The molecule has 0 bridgehead atoms. The van der Waals surface area contributed by atoms with Gasteiger partial charge in [-0.05, 0) is 35.7 Å². The summed E-state index contributed by atoms with van der Waals surface area (Å²) < 4.78 is 86.2. The molecule has 0 unspecified atom stereocenters. The first kappa shape index (κ1) is 25.5. The molecular formula is C25H25F6N5O. The summed E-state index contributed by atoms with van der Waals surface area (Å²) in [6.45, 7) is 0.732. The van der Waals surface area contributed by atoms with Gasteiger partial charge in [-0.3, -0.25) is 4.90 Å². The van der Waals surface area contributed by atoms with E-state index in [1.54, 1.807) is 0 Å². The van der Waals surface area contributed by atoms with Crippen molar-refractivity contribution in [1.82, 2.24) is 20.3 Å². The number of halogens is 6. The Morgan fingerprint density at radius 1 is 1.00 bits per heavy atom. The van der Waals surface area contributed by atoms with Gasteiger partial charge in [-0.15, -0.1) is 5.10 Å². The highest BCUT2D eigenvalue weighted by Gasteiger charge is 2.67. The van der Waals surface area contributed by atoms with Crippen molar-refractivity contribution in [1.29, 1.82) is 0 Å². The second kappa shape index (κ2) is 9.02. The average molecular weight is 525 g/mol. The lowest BCUT2D eigenvalue weighted by molar-refractivity contribution is -0.143. The number of anilines is 1. The van der Waals surface area contributed by atoms with Crippen LogP contribution in [0.1, 0.15) is 40.4 Å². The summed E-state index contributed by atoms with van der Waals surface area (Å²) in [7, 11) is 3.71. The van der Waals surface area contributed by atoms with E-state index in [0.717, 1.165) is 23.4 Å². The van der Waals surface area contributed by atoms with Crippen LogP contribution in [-0.2, 0) is 30.2 Å². The highest BCUT2D eigenvalue weighted by atomic mass is 19.4. The standard InChI is InChI=1S/C25H25F6N5O/c1-35(2)22-20(32-34-33-22)13-36-12-19-11-23(19,21(36)16-6-4-3-5-7-16)37-14-15-8-17(24(26,27)28)10-18(9-15)25(29,30)31/h3-10,19,21H,11-14H2,1-2H3,(H,32,33,34)/t19-,21+,23-/m1/s1. The topological polar surface area (TPSA) is 57.3 Å². The highest BCUT2D eigenvalue weighted by Crippen LogP contribution is 2.63. The summed E-state index contributed by atoms with van der Waals surface area (Å²) in [5.74, 6) is 0.770. The Morgan fingerprint density at radius 3 is 2.24 bits per heavy atom. The van der Waals surface area contributed by atoms with Crippen LogP contribution >= 0.6 is 0 Å². The third kappa shape index (κ3) is 4.91. The lowest BCUT2D eigenvalue weighted by Crippen LogP contribution is -2.34. The molecule has 1 saturated heterocycles. The molecule has 2 heterocycles. The van der Waals surface area contributed by atoms with Gasteiger partial charge in [0.1, 0.15) is 5.69 Å². The number of benzene rings is 2. The Labute approximate surface area is 209 Å². The minimum Gasteiger partial charge on any atom is -0.368 e. The van der Waals surface area contributed by atoms with Crippen molar-refractivity contribution in [2.24, 2.45) is 5.92 Å². The summed E-state index contributed by atoms with van der Waals surface area (Å²) in [4.78, 5) is 4.02. The smallest absolute Gasteiger partial charge is 0.368 e. The molecule has 1 aromatic heterocycles. The fraction of sp³-hybridized carbons (Fsp3) is 0.440. The number of hydrogen-bond donors (Lipinski definition) is 1. The quantitative estimate of drug-likeness (QED) is 0.417. The maximum absolute atomic E-state index is 13.3. The molecule has 1 aliphatic heterocycles. The summed E-state index contributed by atoms with van der Waals surface area (Å²) in [6.07, 6.45) is -9.16. The molecule has 3 aromatic rings. The van der Waals surface area contributed by atoms with Gasteiger partial charge in [0.05, 0.1) is 29.4 Å². The first-order valence-electron chi connectivity index (χ1n) is 11.7. The average Bonchev–Trinajstić information content (AvgIpc) is 3.17. The van der Waals surface area contributed by atoms with Gasteiger partial charge >= 0.3 is 12.4 Å². The van der Waals surface area contributed by atoms with Gasteiger partial charge < -0.3 is 9.64 Å². The van der Waals surface area contributed by atoms with Crippen LogP contribution in [0.2, 0.25) is 0 Å². The van der Waals surface area contributed by atoms with Crippen LogP contribution in [0.3, 0.4) is 0 Å². The van der Waals surface area contributed by atoms with Gasteiger partial charge in [0, 0.05) is 33.1 Å². The Balaban J connectivity index is 1.43.